The molecule has 102 valence electrons. The smallest absolute Gasteiger partial charge is 0.182 e. The summed E-state index contributed by atoms with van der Waals surface area (Å²) >= 11 is 0. The zero-order chi connectivity index (χ0) is 13.8. The molecule has 0 aliphatic carbocycles. The van der Waals surface area contributed by atoms with E-state index in [0.29, 0.717) is 6.04 Å². The number of nitrogens with two attached hydrogens (primary N) is 1. The number of nitrogens with zero attached hydrogens (tertiary/aromatic N) is 4. The lowest BCUT2D eigenvalue weighted by atomic mass is 10.1. The number of tetrazole rings is 1. The molecule has 0 radical (unpaired) electrons. The van der Waals surface area contributed by atoms with Crippen LogP contribution in [0.5, 0.6) is 0 Å². The summed E-state index contributed by atoms with van der Waals surface area (Å²) in [5.41, 5.74) is 8.73. The predicted molar refractivity (Wildman–Crippen MR) is 76.6 cm³/mol. The maximum absolute atomic E-state index is 5.89. The van der Waals surface area contributed by atoms with Crippen molar-refractivity contribution in [3.05, 3.63) is 23.8 Å². The number of hydrogen-bond acceptors (Lipinski definition) is 4. The van der Waals surface area contributed by atoms with Crippen LogP contribution in [0.2, 0.25) is 0 Å². The van der Waals surface area contributed by atoms with E-state index in [4.69, 9.17) is 5.73 Å². The van der Waals surface area contributed by atoms with E-state index >= 15 is 0 Å². The zero-order valence-corrected chi connectivity index (χ0v) is 11.8. The van der Waals surface area contributed by atoms with E-state index in [1.807, 2.05) is 23.7 Å². The average molecular weight is 259 g/mol. The zero-order valence-electron chi connectivity index (χ0n) is 11.8. The molecule has 1 atom stereocenters. The van der Waals surface area contributed by atoms with Crippen LogP contribution in [0.25, 0.3) is 11.4 Å². The van der Waals surface area contributed by atoms with Crippen molar-refractivity contribution in [2.75, 3.05) is 5.73 Å². The van der Waals surface area contributed by atoms with Crippen molar-refractivity contribution < 1.29 is 0 Å². The first-order valence-electron chi connectivity index (χ1n) is 6.77. The molecular formula is C14H21N5. The first-order valence-corrected chi connectivity index (χ1v) is 6.77. The van der Waals surface area contributed by atoms with Crippen molar-refractivity contribution in [2.45, 2.75) is 46.1 Å². The molecule has 0 saturated heterocycles. The molecule has 5 nitrogen and oxygen atoms in total. The van der Waals surface area contributed by atoms with Gasteiger partial charge in [-0.1, -0.05) is 19.8 Å². The van der Waals surface area contributed by atoms with E-state index in [1.165, 1.54) is 12.8 Å². The van der Waals surface area contributed by atoms with E-state index in [0.717, 1.165) is 29.1 Å². The molecule has 0 aliphatic heterocycles. The number of unbranched alkanes of at least 4 members (excludes halogenated alkanes) is 1. The van der Waals surface area contributed by atoms with Crippen molar-refractivity contribution in [3.63, 3.8) is 0 Å². The van der Waals surface area contributed by atoms with Crippen molar-refractivity contribution in [3.8, 4) is 11.4 Å². The minimum Gasteiger partial charge on any atom is -0.399 e. The van der Waals surface area contributed by atoms with Crippen LogP contribution < -0.4 is 5.73 Å². The second-order valence-electron chi connectivity index (χ2n) is 5.07. The highest BCUT2D eigenvalue weighted by Crippen LogP contribution is 2.24. The summed E-state index contributed by atoms with van der Waals surface area (Å²) in [6.45, 7) is 6.36. The normalized spacial score (nSPS) is 12.6. The molecule has 2 aromatic rings. The van der Waals surface area contributed by atoms with Gasteiger partial charge < -0.3 is 5.73 Å². The van der Waals surface area contributed by atoms with Crippen molar-refractivity contribution >= 4 is 5.69 Å². The monoisotopic (exact) mass is 259 g/mol. The standard InChI is InChI=1S/C14H21N5/c1-4-5-6-11(3)19-14(16-17-18-19)12-7-10(2)8-13(15)9-12/h7-9,11H,4-6,15H2,1-3H3. The van der Waals surface area contributed by atoms with Gasteiger partial charge in [0.1, 0.15) is 0 Å². The molecule has 1 aromatic carbocycles. The van der Waals surface area contributed by atoms with Crippen LogP contribution in [0.3, 0.4) is 0 Å². The van der Waals surface area contributed by atoms with Crippen molar-refractivity contribution in [1.29, 1.82) is 0 Å². The second-order valence-corrected chi connectivity index (χ2v) is 5.07. The number of benzene rings is 1. The molecule has 5 heteroatoms. The number of aryl methyl sites for hydroxylation is 1. The van der Waals surface area contributed by atoms with Crippen LogP contribution in [0.1, 0.15) is 44.7 Å². The number of rotatable bonds is 5. The molecule has 0 spiro atoms. The van der Waals surface area contributed by atoms with Gasteiger partial charge in [0.05, 0.1) is 6.04 Å². The molecule has 0 fully saturated rings. The van der Waals surface area contributed by atoms with Gasteiger partial charge in [-0.05, 0) is 54.5 Å². The van der Waals surface area contributed by atoms with E-state index in [2.05, 4.69) is 35.4 Å². The number of nitrogen functional groups attached to an aromatic ring is 1. The Morgan fingerprint density at radius 2 is 2.11 bits per heavy atom. The van der Waals surface area contributed by atoms with Crippen LogP contribution in [0.4, 0.5) is 5.69 Å². The van der Waals surface area contributed by atoms with E-state index in [9.17, 15) is 0 Å². The molecule has 1 aromatic heterocycles. The third kappa shape index (κ3) is 3.10. The molecule has 0 amide bonds. The van der Waals surface area contributed by atoms with Crippen molar-refractivity contribution in [1.82, 2.24) is 20.2 Å². The number of anilines is 1. The van der Waals surface area contributed by atoms with Crippen LogP contribution in [0, 0.1) is 6.92 Å². The SMILES string of the molecule is CCCCC(C)n1nnnc1-c1cc(C)cc(N)c1. The van der Waals surface area contributed by atoms with Gasteiger partial charge in [0.25, 0.3) is 0 Å². The highest BCUT2D eigenvalue weighted by molar-refractivity contribution is 5.62. The summed E-state index contributed by atoms with van der Waals surface area (Å²) in [6.07, 6.45) is 3.44. The first kappa shape index (κ1) is 13.5. The minimum atomic E-state index is 0.298. The second kappa shape index (κ2) is 5.82. The molecular weight excluding hydrogens is 238 g/mol. The first-order chi connectivity index (χ1) is 9.11. The largest absolute Gasteiger partial charge is 0.399 e. The van der Waals surface area contributed by atoms with Crippen molar-refractivity contribution in [2.24, 2.45) is 0 Å². The fourth-order valence-corrected chi connectivity index (χ4v) is 2.24. The van der Waals surface area contributed by atoms with Gasteiger partial charge in [0.2, 0.25) is 0 Å². The summed E-state index contributed by atoms with van der Waals surface area (Å²) in [5, 5.41) is 12.1. The maximum Gasteiger partial charge on any atom is 0.182 e. The molecule has 19 heavy (non-hydrogen) atoms. The van der Waals surface area contributed by atoms with Gasteiger partial charge >= 0.3 is 0 Å². The maximum atomic E-state index is 5.89. The van der Waals surface area contributed by atoms with Gasteiger partial charge in [-0.2, -0.15) is 0 Å². The van der Waals surface area contributed by atoms with E-state index < -0.39 is 0 Å². The third-order valence-corrected chi connectivity index (χ3v) is 3.24. The highest BCUT2D eigenvalue weighted by atomic mass is 15.5. The Kier molecular flexibility index (Phi) is 4.14. The quantitative estimate of drug-likeness (QED) is 0.838. The van der Waals surface area contributed by atoms with Crippen LogP contribution in [-0.4, -0.2) is 20.2 Å². The Bertz CT molecular complexity index is 526. The number of aromatic nitrogens is 4. The molecule has 2 rings (SSSR count). The molecule has 0 saturated carbocycles. The molecule has 0 bridgehead atoms. The summed E-state index contributed by atoms with van der Waals surface area (Å²) in [5.74, 6) is 0.791. The molecule has 2 N–H and O–H groups in total. The third-order valence-electron chi connectivity index (χ3n) is 3.24. The average Bonchev–Trinajstić information content (AvgIpc) is 2.84. The van der Waals surface area contributed by atoms with E-state index in [-0.39, 0.29) is 0 Å². The van der Waals surface area contributed by atoms with Crippen LogP contribution in [0.15, 0.2) is 18.2 Å². The fraction of sp³-hybridized carbons (Fsp3) is 0.500. The molecule has 1 unspecified atom stereocenters. The van der Waals surface area contributed by atoms with E-state index in [1.54, 1.807) is 0 Å². The van der Waals surface area contributed by atoms with Gasteiger partial charge in [-0.25, -0.2) is 4.68 Å². The van der Waals surface area contributed by atoms with Gasteiger partial charge in [0.15, 0.2) is 5.82 Å². The van der Waals surface area contributed by atoms with Crippen LogP contribution >= 0.6 is 0 Å². The predicted octanol–water partition coefficient (Wildman–Crippen LogP) is 2.98. The lowest BCUT2D eigenvalue weighted by Gasteiger charge is -2.13. The summed E-state index contributed by atoms with van der Waals surface area (Å²) in [6, 6.07) is 6.22. The summed E-state index contributed by atoms with van der Waals surface area (Å²) < 4.78 is 1.89. The Labute approximate surface area is 113 Å². The van der Waals surface area contributed by atoms with Crippen LogP contribution in [-0.2, 0) is 0 Å². The lowest BCUT2D eigenvalue weighted by Crippen LogP contribution is -2.09. The minimum absolute atomic E-state index is 0.298. The Morgan fingerprint density at radius 1 is 1.32 bits per heavy atom. The Hall–Kier alpha value is -1.91. The van der Waals surface area contributed by atoms with Gasteiger partial charge in [0, 0.05) is 11.3 Å². The molecule has 0 aliphatic rings. The Morgan fingerprint density at radius 3 is 2.79 bits per heavy atom. The summed E-state index contributed by atoms with van der Waals surface area (Å²) in [4.78, 5) is 0. The lowest BCUT2D eigenvalue weighted by molar-refractivity contribution is 0.437. The topological polar surface area (TPSA) is 69.6 Å². The summed E-state index contributed by atoms with van der Waals surface area (Å²) in [7, 11) is 0. The highest BCUT2D eigenvalue weighted by Gasteiger charge is 2.14. The molecule has 1 heterocycles. The fourth-order valence-electron chi connectivity index (χ4n) is 2.24. The van der Waals surface area contributed by atoms with Gasteiger partial charge in [-0.15, -0.1) is 5.10 Å². The van der Waals surface area contributed by atoms with Gasteiger partial charge in [-0.3, -0.25) is 0 Å². The Balaban J connectivity index is 2.32. The number of hydrogen-bond donors (Lipinski definition) is 1.